The van der Waals surface area contributed by atoms with Crippen LogP contribution >= 0.6 is 11.6 Å². The lowest BCUT2D eigenvalue weighted by atomic mass is 9.53. The third kappa shape index (κ3) is 1.69. The van der Waals surface area contributed by atoms with Crippen molar-refractivity contribution >= 4 is 28.8 Å². The fourth-order valence-electron chi connectivity index (χ4n) is 3.53. The lowest BCUT2D eigenvalue weighted by Crippen LogP contribution is -2.56. The predicted octanol–water partition coefficient (Wildman–Crippen LogP) is 2.04. The Hall–Kier alpha value is -0.900. The number of carbonyl (C=O) groups is 3. The van der Waals surface area contributed by atoms with Crippen molar-refractivity contribution in [2.45, 2.75) is 40.0 Å². The van der Waals surface area contributed by atoms with E-state index in [2.05, 4.69) is 0 Å². The van der Waals surface area contributed by atoms with Gasteiger partial charge in [-0.25, -0.2) is 0 Å². The number of ether oxygens (including phenoxy) is 1. The molecular weight excluding hydrogens is 244 g/mol. The first-order chi connectivity index (χ1) is 7.61. The van der Waals surface area contributed by atoms with Crippen LogP contribution < -0.4 is 0 Å². The van der Waals surface area contributed by atoms with Crippen LogP contribution in [0.15, 0.2) is 0 Å². The van der Waals surface area contributed by atoms with E-state index < -0.39 is 33.4 Å². The maximum Gasteiger partial charge on any atom is 0.319 e. The number of carbonyl (C=O) groups excluding carboxylic acids is 3. The van der Waals surface area contributed by atoms with E-state index in [-0.39, 0.29) is 0 Å². The van der Waals surface area contributed by atoms with E-state index in [1.165, 1.54) is 0 Å². The molecule has 1 saturated heterocycles. The molecule has 2 fully saturated rings. The minimum atomic E-state index is -0.835. The number of hydrogen-bond acceptors (Lipinski definition) is 4. The van der Waals surface area contributed by atoms with Gasteiger partial charge in [-0.2, -0.15) is 0 Å². The predicted molar refractivity (Wildman–Crippen MR) is 60.1 cm³/mol. The monoisotopic (exact) mass is 258 g/mol. The molecule has 0 spiro atoms. The quantitative estimate of drug-likeness (QED) is 0.410. The second-order valence-electron chi connectivity index (χ2n) is 6.16. The number of cyclic esters (lactones) is 2. The fraction of sp³-hybridized carbons (Fsp3) is 0.750. The molecule has 0 aromatic carbocycles. The molecular formula is C12H15ClO4. The van der Waals surface area contributed by atoms with Crippen molar-refractivity contribution in [3.63, 3.8) is 0 Å². The highest BCUT2D eigenvalue weighted by Crippen LogP contribution is 2.58. The Labute approximate surface area is 105 Å². The van der Waals surface area contributed by atoms with Crippen LogP contribution in [-0.4, -0.2) is 17.2 Å². The lowest BCUT2D eigenvalue weighted by Gasteiger charge is -2.51. The summed E-state index contributed by atoms with van der Waals surface area (Å²) in [6.07, 6.45) is 1.10. The topological polar surface area (TPSA) is 60.4 Å². The van der Waals surface area contributed by atoms with E-state index in [9.17, 15) is 14.4 Å². The number of rotatable bonds is 1. The van der Waals surface area contributed by atoms with Crippen molar-refractivity contribution in [1.29, 1.82) is 0 Å². The summed E-state index contributed by atoms with van der Waals surface area (Å²) in [7, 11) is 0. The standard InChI is InChI=1S/C12H15ClO4/c1-10(7(13)14)4-11(2)6-12(3,5-10)9(16)17-8(11)15/h4-6H2,1-3H3. The smallest absolute Gasteiger partial charge is 0.319 e. The first kappa shape index (κ1) is 12.6. The summed E-state index contributed by atoms with van der Waals surface area (Å²) in [4.78, 5) is 35.1. The molecule has 2 bridgehead atoms. The second kappa shape index (κ2) is 3.31. The first-order valence-electron chi connectivity index (χ1n) is 5.58. The molecule has 5 heteroatoms. The summed E-state index contributed by atoms with van der Waals surface area (Å²) in [5.41, 5.74) is -2.42. The van der Waals surface area contributed by atoms with Gasteiger partial charge >= 0.3 is 11.9 Å². The minimum Gasteiger partial charge on any atom is -0.392 e. The van der Waals surface area contributed by atoms with Gasteiger partial charge in [-0.15, -0.1) is 0 Å². The van der Waals surface area contributed by atoms with Crippen LogP contribution in [0.5, 0.6) is 0 Å². The summed E-state index contributed by atoms with van der Waals surface area (Å²) < 4.78 is 4.80. The van der Waals surface area contributed by atoms with E-state index >= 15 is 0 Å². The van der Waals surface area contributed by atoms with E-state index in [1.807, 2.05) is 0 Å². The molecule has 0 N–H and O–H groups in total. The van der Waals surface area contributed by atoms with Crippen LogP contribution in [-0.2, 0) is 19.1 Å². The normalized spacial score (nSPS) is 45.4. The summed E-state index contributed by atoms with van der Waals surface area (Å²) in [5, 5.41) is -0.489. The van der Waals surface area contributed by atoms with Crippen molar-refractivity contribution in [3.8, 4) is 0 Å². The molecule has 4 nitrogen and oxygen atoms in total. The molecule has 2 unspecified atom stereocenters. The van der Waals surface area contributed by atoms with E-state index in [4.69, 9.17) is 16.3 Å². The average molecular weight is 259 g/mol. The molecule has 94 valence electrons. The molecule has 1 heterocycles. The second-order valence-corrected chi connectivity index (χ2v) is 6.51. The Kier molecular flexibility index (Phi) is 2.45. The Bertz CT molecular complexity index is 398. The van der Waals surface area contributed by atoms with Gasteiger partial charge in [0.05, 0.1) is 10.8 Å². The van der Waals surface area contributed by atoms with Gasteiger partial charge in [-0.3, -0.25) is 14.4 Å². The summed E-state index contributed by atoms with van der Waals surface area (Å²) in [6.45, 7) is 5.18. The maximum atomic E-state index is 11.8. The average Bonchev–Trinajstić information content (AvgIpc) is 2.13. The molecule has 17 heavy (non-hydrogen) atoms. The largest absolute Gasteiger partial charge is 0.392 e. The minimum absolute atomic E-state index is 0.337. The Morgan fingerprint density at radius 1 is 1.06 bits per heavy atom. The van der Waals surface area contributed by atoms with Gasteiger partial charge in [0.2, 0.25) is 5.24 Å². The van der Waals surface area contributed by atoms with Crippen molar-refractivity contribution in [3.05, 3.63) is 0 Å². The van der Waals surface area contributed by atoms with Crippen LogP contribution in [0.25, 0.3) is 0 Å². The zero-order valence-electron chi connectivity index (χ0n) is 10.1. The third-order valence-corrected chi connectivity index (χ3v) is 4.44. The van der Waals surface area contributed by atoms with Gasteiger partial charge in [-0.1, -0.05) is 6.92 Å². The molecule has 2 atom stereocenters. The third-order valence-electron chi connectivity index (χ3n) is 3.99. The van der Waals surface area contributed by atoms with Crippen LogP contribution in [0.1, 0.15) is 40.0 Å². The number of halogens is 1. The van der Waals surface area contributed by atoms with Crippen LogP contribution in [0.4, 0.5) is 0 Å². The Balaban J connectivity index is 2.48. The fourth-order valence-corrected chi connectivity index (χ4v) is 3.66. The first-order valence-corrected chi connectivity index (χ1v) is 5.96. The van der Waals surface area contributed by atoms with Crippen molar-refractivity contribution in [2.24, 2.45) is 16.2 Å². The number of esters is 2. The zero-order valence-corrected chi connectivity index (χ0v) is 10.9. The molecule has 2 aliphatic rings. The van der Waals surface area contributed by atoms with E-state index in [0.29, 0.717) is 19.3 Å². The van der Waals surface area contributed by atoms with Crippen LogP contribution in [0.3, 0.4) is 0 Å². The summed E-state index contributed by atoms with van der Waals surface area (Å²) in [5.74, 6) is -1.08. The van der Waals surface area contributed by atoms with Crippen molar-refractivity contribution in [1.82, 2.24) is 0 Å². The van der Waals surface area contributed by atoms with Gasteiger partial charge < -0.3 is 4.74 Å². The van der Waals surface area contributed by atoms with E-state index in [0.717, 1.165) is 0 Å². The van der Waals surface area contributed by atoms with Crippen LogP contribution in [0.2, 0.25) is 0 Å². The highest BCUT2D eigenvalue weighted by Gasteiger charge is 2.62. The molecule has 1 aliphatic carbocycles. The van der Waals surface area contributed by atoms with Crippen LogP contribution in [0, 0.1) is 16.2 Å². The molecule has 0 amide bonds. The zero-order chi connectivity index (χ0) is 13.1. The summed E-state index contributed by atoms with van der Waals surface area (Å²) in [6, 6.07) is 0. The Morgan fingerprint density at radius 3 is 1.82 bits per heavy atom. The van der Waals surface area contributed by atoms with Gasteiger partial charge in [0.1, 0.15) is 0 Å². The molecule has 0 aromatic heterocycles. The van der Waals surface area contributed by atoms with Crippen molar-refractivity contribution < 1.29 is 19.1 Å². The van der Waals surface area contributed by atoms with Gasteiger partial charge in [0, 0.05) is 5.41 Å². The molecule has 1 saturated carbocycles. The van der Waals surface area contributed by atoms with Gasteiger partial charge in [0.25, 0.3) is 0 Å². The SMILES string of the molecule is CC1(C(=O)Cl)CC2(C)CC(C)(C1)C(=O)OC2=O. The maximum absolute atomic E-state index is 11.8. The van der Waals surface area contributed by atoms with Crippen molar-refractivity contribution in [2.75, 3.05) is 0 Å². The molecule has 2 rings (SSSR count). The van der Waals surface area contributed by atoms with Gasteiger partial charge in [0.15, 0.2) is 0 Å². The highest BCUT2D eigenvalue weighted by atomic mass is 35.5. The number of hydrogen-bond donors (Lipinski definition) is 0. The molecule has 0 radical (unpaired) electrons. The number of fused-ring (bicyclic) bond motifs is 2. The Morgan fingerprint density at radius 2 is 1.47 bits per heavy atom. The van der Waals surface area contributed by atoms with E-state index in [1.54, 1.807) is 20.8 Å². The molecule has 0 aromatic rings. The molecule has 1 aliphatic heterocycles. The lowest BCUT2D eigenvalue weighted by molar-refractivity contribution is -0.196. The summed E-state index contributed by atoms with van der Waals surface area (Å²) >= 11 is 5.63. The van der Waals surface area contributed by atoms with Gasteiger partial charge in [-0.05, 0) is 44.7 Å². The highest BCUT2D eigenvalue weighted by molar-refractivity contribution is 6.64.